The van der Waals surface area contributed by atoms with Gasteiger partial charge in [0.15, 0.2) is 0 Å². The SMILES string of the molecule is CCCCCCCC(=O)N(C)[C@@H](CC(C)C)C(=O)N[C@H](C(=O)N(C)[C@H](C(=O)N1CCC[C@H]1C(=O)N1C(=O)C=C[C@@H]1C)C(C)C)C(C)OC(C)=O. The van der Waals surface area contributed by atoms with Crippen LogP contribution in [0.5, 0.6) is 0 Å². The monoisotopic (exact) mass is 703 g/mol. The molecule has 0 aromatic rings. The zero-order valence-corrected chi connectivity index (χ0v) is 31.9. The number of carbonyl (C=O) groups excluding carboxylic acids is 7. The van der Waals surface area contributed by atoms with Crippen molar-refractivity contribution < 1.29 is 38.3 Å². The molecule has 1 N–H and O–H groups in total. The number of likely N-dealkylation sites (N-methyl/N-ethyl adjacent to an activating group) is 2. The van der Waals surface area contributed by atoms with Crippen molar-refractivity contribution in [3.63, 3.8) is 0 Å². The molecule has 282 valence electrons. The highest BCUT2D eigenvalue weighted by molar-refractivity contribution is 6.06. The lowest BCUT2D eigenvalue weighted by molar-refractivity contribution is -0.157. The first-order valence-electron chi connectivity index (χ1n) is 18.3. The van der Waals surface area contributed by atoms with E-state index in [0.29, 0.717) is 32.1 Å². The van der Waals surface area contributed by atoms with Crippen LogP contribution in [0.25, 0.3) is 0 Å². The number of imide groups is 1. The Morgan fingerprint density at radius 1 is 0.980 bits per heavy atom. The van der Waals surface area contributed by atoms with Gasteiger partial charge in [-0.05, 0) is 51.4 Å². The van der Waals surface area contributed by atoms with E-state index in [2.05, 4.69) is 12.2 Å². The summed E-state index contributed by atoms with van der Waals surface area (Å²) in [6.45, 7) is 14.3. The summed E-state index contributed by atoms with van der Waals surface area (Å²) in [5, 5.41) is 2.77. The van der Waals surface area contributed by atoms with Gasteiger partial charge >= 0.3 is 5.97 Å². The maximum Gasteiger partial charge on any atom is 0.302 e. The molecule has 13 heteroatoms. The third kappa shape index (κ3) is 11.1. The number of unbranched alkanes of at least 4 members (excludes halogenated alkanes) is 4. The van der Waals surface area contributed by atoms with Gasteiger partial charge in [-0.25, -0.2) is 0 Å². The molecule has 0 aliphatic carbocycles. The van der Waals surface area contributed by atoms with Crippen LogP contribution in [0.3, 0.4) is 0 Å². The van der Waals surface area contributed by atoms with Crippen molar-refractivity contribution in [1.29, 1.82) is 0 Å². The van der Waals surface area contributed by atoms with Crippen LogP contribution in [0.2, 0.25) is 0 Å². The Hall–Kier alpha value is -3.77. The fraction of sp³-hybridized carbons (Fsp3) is 0.757. The number of esters is 1. The van der Waals surface area contributed by atoms with E-state index < -0.39 is 77.7 Å². The van der Waals surface area contributed by atoms with Gasteiger partial charge < -0.3 is 24.8 Å². The zero-order valence-electron chi connectivity index (χ0n) is 31.9. The minimum absolute atomic E-state index is 0.0435. The molecule has 6 amide bonds. The minimum atomic E-state index is -1.37. The van der Waals surface area contributed by atoms with Gasteiger partial charge in [-0.1, -0.05) is 66.4 Å². The molecule has 0 bridgehead atoms. The Bertz CT molecular complexity index is 1270. The van der Waals surface area contributed by atoms with Crippen molar-refractivity contribution in [3.05, 3.63) is 12.2 Å². The van der Waals surface area contributed by atoms with Crippen molar-refractivity contribution in [2.75, 3.05) is 20.6 Å². The second kappa shape index (κ2) is 19.6. The molecule has 1 saturated heterocycles. The van der Waals surface area contributed by atoms with Crippen molar-refractivity contribution in [2.45, 2.75) is 149 Å². The molecule has 1 unspecified atom stereocenters. The molecule has 2 heterocycles. The first-order chi connectivity index (χ1) is 23.4. The lowest BCUT2D eigenvalue weighted by atomic mass is 9.98. The van der Waals surface area contributed by atoms with E-state index in [1.165, 1.54) is 41.7 Å². The van der Waals surface area contributed by atoms with E-state index in [4.69, 9.17) is 4.74 Å². The summed E-state index contributed by atoms with van der Waals surface area (Å²) >= 11 is 0. The number of nitrogens with zero attached hydrogens (tertiary/aromatic N) is 4. The molecule has 50 heavy (non-hydrogen) atoms. The summed E-state index contributed by atoms with van der Waals surface area (Å²) in [7, 11) is 3.04. The molecule has 0 spiro atoms. The van der Waals surface area contributed by atoms with Gasteiger partial charge in [0.05, 0.1) is 6.04 Å². The van der Waals surface area contributed by atoms with Crippen LogP contribution in [-0.2, 0) is 38.3 Å². The Morgan fingerprint density at radius 3 is 2.16 bits per heavy atom. The van der Waals surface area contributed by atoms with E-state index in [0.717, 1.165) is 30.6 Å². The predicted molar refractivity (Wildman–Crippen MR) is 189 cm³/mol. The third-order valence-corrected chi connectivity index (χ3v) is 9.61. The number of ether oxygens (including phenoxy) is 1. The maximum absolute atomic E-state index is 14.3. The van der Waals surface area contributed by atoms with Gasteiger partial charge in [0, 0.05) is 40.1 Å². The fourth-order valence-corrected chi connectivity index (χ4v) is 6.85. The van der Waals surface area contributed by atoms with Gasteiger partial charge in [0.25, 0.3) is 11.8 Å². The minimum Gasteiger partial charge on any atom is -0.460 e. The summed E-state index contributed by atoms with van der Waals surface area (Å²) in [6, 6.07) is -4.57. The van der Waals surface area contributed by atoms with Crippen molar-refractivity contribution in [3.8, 4) is 0 Å². The third-order valence-electron chi connectivity index (χ3n) is 9.61. The van der Waals surface area contributed by atoms with Crippen molar-refractivity contribution >= 4 is 41.4 Å². The summed E-state index contributed by atoms with van der Waals surface area (Å²) in [6.07, 6.45) is 8.33. The maximum atomic E-state index is 14.3. The highest BCUT2D eigenvalue weighted by atomic mass is 16.5. The number of likely N-dealkylation sites (tertiary alicyclic amines) is 1. The fourth-order valence-electron chi connectivity index (χ4n) is 6.85. The van der Waals surface area contributed by atoms with Crippen LogP contribution in [0, 0.1) is 11.8 Å². The largest absolute Gasteiger partial charge is 0.460 e. The number of amides is 6. The van der Waals surface area contributed by atoms with Gasteiger partial charge in [-0.15, -0.1) is 0 Å². The smallest absolute Gasteiger partial charge is 0.302 e. The molecule has 0 aromatic heterocycles. The standard InChI is InChI=1S/C37H61N5O8/c1-11-12-13-14-15-18-30(44)39(9)29(22-23(2)3)34(46)38-32(26(7)50-27(8)43)36(48)40(10)33(24(4)5)37(49)41-21-16-17-28(41)35(47)42-25(6)19-20-31(42)45/h19-20,23-26,28-29,32-33H,11-18,21-22H2,1-10H3,(H,38,46)/t25-,26?,28-,29-,32-,33-/m0/s1. The van der Waals surface area contributed by atoms with Crippen LogP contribution >= 0.6 is 0 Å². The average Bonchev–Trinajstić information content (AvgIpc) is 3.66. The summed E-state index contributed by atoms with van der Waals surface area (Å²) in [5.41, 5.74) is 0. The van der Waals surface area contributed by atoms with Crippen LogP contribution in [-0.4, -0.2) is 118 Å². The van der Waals surface area contributed by atoms with Gasteiger partial charge in [-0.2, -0.15) is 0 Å². The second-order valence-electron chi connectivity index (χ2n) is 14.6. The molecule has 2 rings (SSSR count). The van der Waals surface area contributed by atoms with E-state index >= 15 is 0 Å². The highest BCUT2D eigenvalue weighted by Crippen LogP contribution is 2.26. The zero-order chi connectivity index (χ0) is 37.9. The Kier molecular flexibility index (Phi) is 16.6. The summed E-state index contributed by atoms with van der Waals surface area (Å²) in [5.74, 6) is -3.76. The molecule has 1 fully saturated rings. The van der Waals surface area contributed by atoms with E-state index in [1.54, 1.807) is 33.9 Å². The lowest BCUT2D eigenvalue weighted by Gasteiger charge is -2.38. The van der Waals surface area contributed by atoms with Gasteiger partial charge in [0.1, 0.15) is 30.3 Å². The molecule has 0 radical (unpaired) electrons. The average molecular weight is 704 g/mol. The first-order valence-corrected chi connectivity index (χ1v) is 18.3. The summed E-state index contributed by atoms with van der Waals surface area (Å²) in [4.78, 5) is 98.9. The van der Waals surface area contributed by atoms with Gasteiger partial charge in [-0.3, -0.25) is 38.5 Å². The number of hydrogen-bond acceptors (Lipinski definition) is 8. The predicted octanol–water partition coefficient (Wildman–Crippen LogP) is 3.44. The number of nitrogens with one attached hydrogen (secondary N) is 1. The second-order valence-corrected chi connectivity index (χ2v) is 14.6. The molecule has 2 aliphatic heterocycles. The first kappa shape index (κ1) is 42.4. The Labute approximate surface area is 298 Å². The van der Waals surface area contributed by atoms with Crippen molar-refractivity contribution in [2.24, 2.45) is 11.8 Å². The lowest BCUT2D eigenvalue weighted by Crippen LogP contribution is -2.62. The summed E-state index contributed by atoms with van der Waals surface area (Å²) < 4.78 is 5.40. The Morgan fingerprint density at radius 2 is 1.62 bits per heavy atom. The molecular formula is C37H61N5O8. The van der Waals surface area contributed by atoms with Crippen LogP contribution in [0.1, 0.15) is 113 Å². The van der Waals surface area contributed by atoms with E-state index in [9.17, 15) is 33.6 Å². The van der Waals surface area contributed by atoms with Crippen LogP contribution < -0.4 is 5.32 Å². The molecule has 13 nitrogen and oxygen atoms in total. The Balaban J connectivity index is 2.34. The number of hydrogen-bond donors (Lipinski definition) is 1. The van der Waals surface area contributed by atoms with Gasteiger partial charge in [0.2, 0.25) is 23.6 Å². The normalized spacial score (nSPS) is 19.7. The van der Waals surface area contributed by atoms with Crippen LogP contribution in [0.4, 0.5) is 0 Å². The molecule has 0 aromatic carbocycles. The van der Waals surface area contributed by atoms with E-state index in [1.807, 2.05) is 13.8 Å². The highest BCUT2D eigenvalue weighted by Gasteiger charge is 2.45. The topological polar surface area (TPSA) is 154 Å². The quantitative estimate of drug-likeness (QED) is 0.129. The van der Waals surface area contributed by atoms with E-state index in [-0.39, 0.29) is 18.4 Å². The number of carbonyl (C=O) groups is 7. The van der Waals surface area contributed by atoms with Crippen molar-refractivity contribution in [1.82, 2.24) is 24.9 Å². The molecule has 6 atom stereocenters. The molecule has 2 aliphatic rings. The number of rotatable bonds is 18. The molecule has 0 saturated carbocycles. The van der Waals surface area contributed by atoms with Crippen LogP contribution in [0.15, 0.2) is 12.2 Å². The molecular weight excluding hydrogens is 642 g/mol.